The first kappa shape index (κ1) is 17.2. The lowest BCUT2D eigenvalue weighted by Gasteiger charge is -2.38. The standard InChI is InChI=1S/C18H26F2OSi/c1-13-15(14-10-8-7-9-11-14)12-16(18(13,19)20)21-22(5,6)17(2,3)4/h7-13,15H,1-6H3. The van der Waals surface area contributed by atoms with Crippen molar-refractivity contribution >= 4 is 8.32 Å². The molecular formula is C18H26F2OSi. The Balaban J connectivity index is 2.34. The highest BCUT2D eigenvalue weighted by Crippen LogP contribution is 2.51. The van der Waals surface area contributed by atoms with Crippen LogP contribution in [0.15, 0.2) is 42.2 Å². The van der Waals surface area contributed by atoms with Crippen molar-refractivity contribution in [1.29, 1.82) is 0 Å². The van der Waals surface area contributed by atoms with Crippen LogP contribution in [0.25, 0.3) is 0 Å². The maximum atomic E-state index is 14.7. The number of benzene rings is 1. The monoisotopic (exact) mass is 324 g/mol. The van der Waals surface area contributed by atoms with E-state index in [2.05, 4.69) is 20.8 Å². The molecule has 0 heterocycles. The third-order valence-corrected chi connectivity index (χ3v) is 9.47. The maximum absolute atomic E-state index is 14.7. The summed E-state index contributed by atoms with van der Waals surface area (Å²) in [6, 6.07) is 9.49. The molecule has 0 fully saturated rings. The van der Waals surface area contributed by atoms with E-state index in [1.807, 2.05) is 43.4 Å². The Hall–Kier alpha value is -1.16. The van der Waals surface area contributed by atoms with Crippen molar-refractivity contribution in [2.45, 2.75) is 57.7 Å². The van der Waals surface area contributed by atoms with Crippen molar-refractivity contribution in [1.82, 2.24) is 0 Å². The molecule has 1 nitrogen and oxygen atoms in total. The van der Waals surface area contributed by atoms with Crippen molar-refractivity contribution < 1.29 is 13.2 Å². The van der Waals surface area contributed by atoms with Gasteiger partial charge in [0.2, 0.25) is 8.32 Å². The van der Waals surface area contributed by atoms with Gasteiger partial charge in [-0.25, -0.2) is 0 Å². The number of hydrogen-bond acceptors (Lipinski definition) is 1. The van der Waals surface area contributed by atoms with Crippen molar-refractivity contribution in [3.05, 3.63) is 47.7 Å². The molecule has 0 amide bonds. The lowest BCUT2D eigenvalue weighted by molar-refractivity contribution is -0.0356. The minimum Gasteiger partial charge on any atom is -0.542 e. The largest absolute Gasteiger partial charge is 0.542 e. The molecule has 4 heteroatoms. The Bertz CT molecular complexity index is 558. The van der Waals surface area contributed by atoms with Gasteiger partial charge in [-0.15, -0.1) is 0 Å². The summed E-state index contributed by atoms with van der Waals surface area (Å²) in [5.41, 5.74) is 0.920. The van der Waals surface area contributed by atoms with Crippen molar-refractivity contribution in [3.8, 4) is 0 Å². The number of alkyl halides is 2. The third kappa shape index (κ3) is 2.98. The molecule has 0 radical (unpaired) electrons. The minimum absolute atomic E-state index is 0.0992. The molecule has 0 aromatic heterocycles. The zero-order chi connectivity index (χ0) is 16.8. The second-order valence-electron chi connectivity index (χ2n) is 7.74. The van der Waals surface area contributed by atoms with Gasteiger partial charge >= 0.3 is 5.92 Å². The van der Waals surface area contributed by atoms with E-state index in [4.69, 9.17) is 4.43 Å². The molecule has 0 spiro atoms. The van der Waals surface area contributed by atoms with Crippen LogP contribution in [0.2, 0.25) is 18.1 Å². The van der Waals surface area contributed by atoms with Gasteiger partial charge < -0.3 is 4.43 Å². The van der Waals surface area contributed by atoms with Gasteiger partial charge in [0.25, 0.3) is 0 Å². The first-order valence-electron chi connectivity index (χ1n) is 7.81. The van der Waals surface area contributed by atoms with E-state index in [-0.39, 0.29) is 16.7 Å². The van der Waals surface area contributed by atoms with Gasteiger partial charge in [-0.3, -0.25) is 0 Å². The van der Waals surface area contributed by atoms with E-state index >= 15 is 0 Å². The molecule has 2 rings (SSSR count). The fourth-order valence-corrected chi connectivity index (χ4v) is 3.52. The molecule has 0 saturated heterocycles. The molecule has 0 saturated carbocycles. The Morgan fingerprint density at radius 2 is 1.64 bits per heavy atom. The number of rotatable bonds is 3. The van der Waals surface area contributed by atoms with Gasteiger partial charge in [0, 0.05) is 11.8 Å². The lowest BCUT2D eigenvalue weighted by atomic mass is 9.89. The first-order valence-corrected chi connectivity index (χ1v) is 10.7. The van der Waals surface area contributed by atoms with Crippen LogP contribution < -0.4 is 0 Å². The summed E-state index contributed by atoms with van der Waals surface area (Å²) in [5, 5.41) is -0.0992. The third-order valence-electron chi connectivity index (χ3n) is 5.13. The van der Waals surface area contributed by atoms with Crippen LogP contribution >= 0.6 is 0 Å². The van der Waals surface area contributed by atoms with Crippen LogP contribution in [0.4, 0.5) is 8.78 Å². The Morgan fingerprint density at radius 3 is 2.14 bits per heavy atom. The van der Waals surface area contributed by atoms with Gasteiger partial charge in [0.1, 0.15) is 5.76 Å². The number of allylic oxidation sites excluding steroid dienone is 2. The predicted octanol–water partition coefficient (Wildman–Crippen LogP) is 5.96. The van der Waals surface area contributed by atoms with Crippen LogP contribution in [0.3, 0.4) is 0 Å². The van der Waals surface area contributed by atoms with Gasteiger partial charge in [-0.2, -0.15) is 8.78 Å². The molecule has 22 heavy (non-hydrogen) atoms. The Labute approximate surface area is 133 Å². The van der Waals surface area contributed by atoms with E-state index in [1.165, 1.54) is 0 Å². The van der Waals surface area contributed by atoms with E-state index < -0.39 is 20.2 Å². The van der Waals surface area contributed by atoms with Crippen molar-refractivity contribution in [2.75, 3.05) is 0 Å². The van der Waals surface area contributed by atoms with Gasteiger partial charge in [-0.1, -0.05) is 58.0 Å². The quantitative estimate of drug-likeness (QED) is 0.623. The maximum Gasteiger partial charge on any atom is 0.305 e. The normalized spacial score (nSPS) is 25.0. The molecular weight excluding hydrogens is 298 g/mol. The molecule has 2 unspecified atom stereocenters. The van der Waals surface area contributed by atoms with Crippen molar-refractivity contribution in [3.63, 3.8) is 0 Å². The summed E-state index contributed by atoms with van der Waals surface area (Å²) >= 11 is 0. The lowest BCUT2D eigenvalue weighted by Crippen LogP contribution is -2.43. The van der Waals surface area contributed by atoms with Gasteiger partial charge in [-0.05, 0) is 29.8 Å². The van der Waals surface area contributed by atoms with E-state index in [0.29, 0.717) is 0 Å². The molecule has 1 aromatic rings. The highest BCUT2D eigenvalue weighted by Gasteiger charge is 2.53. The molecule has 1 aliphatic carbocycles. The first-order chi connectivity index (χ1) is 9.97. The summed E-state index contributed by atoms with van der Waals surface area (Å²) in [6.07, 6.45) is 1.64. The summed E-state index contributed by atoms with van der Waals surface area (Å²) in [5.74, 6) is -4.11. The van der Waals surface area contributed by atoms with Crippen LogP contribution in [0.1, 0.15) is 39.2 Å². The fourth-order valence-electron chi connectivity index (χ4n) is 2.46. The Kier molecular flexibility index (Phi) is 4.28. The highest BCUT2D eigenvalue weighted by atomic mass is 28.4. The van der Waals surface area contributed by atoms with E-state index in [0.717, 1.165) is 5.56 Å². The molecule has 2 atom stereocenters. The number of hydrogen-bond donors (Lipinski definition) is 0. The average molecular weight is 324 g/mol. The smallest absolute Gasteiger partial charge is 0.305 e. The summed E-state index contributed by atoms with van der Waals surface area (Å²) in [7, 11) is -2.27. The zero-order valence-corrected chi connectivity index (χ0v) is 15.3. The average Bonchev–Trinajstić information content (AvgIpc) is 2.62. The molecule has 122 valence electrons. The van der Waals surface area contributed by atoms with Gasteiger partial charge in [0.15, 0.2) is 0 Å². The van der Waals surface area contributed by atoms with E-state index in [9.17, 15) is 8.78 Å². The van der Waals surface area contributed by atoms with Crippen molar-refractivity contribution in [2.24, 2.45) is 5.92 Å². The van der Waals surface area contributed by atoms with Crippen LogP contribution in [-0.2, 0) is 4.43 Å². The minimum atomic E-state index is -2.91. The van der Waals surface area contributed by atoms with Crippen LogP contribution in [-0.4, -0.2) is 14.2 Å². The predicted molar refractivity (Wildman–Crippen MR) is 89.7 cm³/mol. The zero-order valence-electron chi connectivity index (χ0n) is 14.3. The summed E-state index contributed by atoms with van der Waals surface area (Å²) in [6.45, 7) is 11.8. The molecule has 1 aliphatic rings. The Morgan fingerprint density at radius 1 is 1.09 bits per heavy atom. The summed E-state index contributed by atoms with van der Waals surface area (Å²) < 4.78 is 35.3. The second kappa shape index (κ2) is 5.48. The topological polar surface area (TPSA) is 9.23 Å². The molecule has 0 aliphatic heterocycles. The SMILES string of the molecule is CC1C(c2ccccc2)C=C(O[Si](C)(C)C(C)(C)C)C1(F)F. The van der Waals surface area contributed by atoms with Crippen LogP contribution in [0, 0.1) is 5.92 Å². The molecule has 0 bridgehead atoms. The molecule has 1 aromatic carbocycles. The van der Waals surface area contributed by atoms with E-state index in [1.54, 1.807) is 13.0 Å². The number of halogens is 2. The molecule has 0 N–H and O–H groups in total. The summed E-state index contributed by atoms with van der Waals surface area (Å²) in [4.78, 5) is 0. The van der Waals surface area contributed by atoms with Crippen LogP contribution in [0.5, 0.6) is 0 Å². The fraction of sp³-hybridized carbons (Fsp3) is 0.556. The van der Waals surface area contributed by atoms with Gasteiger partial charge in [0.05, 0.1) is 0 Å². The second-order valence-corrected chi connectivity index (χ2v) is 12.5. The highest BCUT2D eigenvalue weighted by molar-refractivity contribution is 6.74.